The minimum absolute atomic E-state index is 0.220. The number of halogens is 35. The zero-order valence-corrected chi connectivity index (χ0v) is 31.6. The second-order valence-electron chi connectivity index (χ2n) is 12.2. The quantitative estimate of drug-likeness (QED) is 0.0848. The fourth-order valence-electron chi connectivity index (χ4n) is 3.56. The van der Waals surface area contributed by atoms with E-state index in [1.807, 2.05) is 0 Å². The molecule has 0 unspecified atom stereocenters. The zero-order valence-electron chi connectivity index (χ0n) is 29.2. The van der Waals surface area contributed by atoms with Crippen molar-refractivity contribution in [3.8, 4) is 0 Å². The van der Waals surface area contributed by atoms with Crippen molar-refractivity contribution in [2.24, 2.45) is 0 Å². The van der Waals surface area contributed by atoms with E-state index in [0.29, 0.717) is 0 Å². The van der Waals surface area contributed by atoms with Gasteiger partial charge in [0.05, 0.1) is 17.3 Å². The first-order chi connectivity index (χ1) is 27.5. The van der Waals surface area contributed by atoms with Crippen LogP contribution in [0.4, 0.5) is 149 Å². The van der Waals surface area contributed by atoms with E-state index in [2.05, 4.69) is 6.58 Å². The van der Waals surface area contributed by atoms with Crippen LogP contribution in [-0.2, 0) is 19.7 Å². The summed E-state index contributed by atoms with van der Waals surface area (Å²) in [6.45, 7) is 2.45. The van der Waals surface area contributed by atoms with Crippen molar-refractivity contribution in [3.63, 3.8) is 0 Å². The highest BCUT2D eigenvalue weighted by atomic mass is 35.5. The lowest BCUT2D eigenvalue weighted by molar-refractivity contribution is -0.461. The monoisotopic (exact) mass is 1110 g/mol. The Hall–Kier alpha value is -2.45. The molecular formula is C24H15ClF34O4S2. The molecule has 0 amide bonds. The molecular weight excluding hydrogens is 1100 g/mol. The predicted molar refractivity (Wildman–Crippen MR) is 144 cm³/mol. The van der Waals surface area contributed by atoms with E-state index in [-0.39, 0.29) is 5.41 Å². The van der Waals surface area contributed by atoms with Crippen LogP contribution < -0.4 is 0 Å². The molecule has 0 aromatic heterocycles. The van der Waals surface area contributed by atoms with E-state index in [1.54, 1.807) is 0 Å². The van der Waals surface area contributed by atoms with Gasteiger partial charge in [-0.1, -0.05) is 6.58 Å². The highest BCUT2D eigenvalue weighted by Gasteiger charge is 2.97. The lowest BCUT2D eigenvalue weighted by Crippen LogP contribution is -2.74. The van der Waals surface area contributed by atoms with Gasteiger partial charge in [0.1, 0.15) is 0 Å². The molecule has 0 aliphatic heterocycles. The topological polar surface area (TPSA) is 68.3 Å². The average Bonchev–Trinajstić information content (AvgIpc) is 3.08. The summed E-state index contributed by atoms with van der Waals surface area (Å²) in [4.78, 5) is 0. The first-order valence-corrected chi connectivity index (χ1v) is 18.6. The predicted octanol–water partition coefficient (Wildman–Crippen LogP) is 12.0. The maximum absolute atomic E-state index is 13.5. The summed E-state index contributed by atoms with van der Waals surface area (Å²) in [6.07, 6.45) is -21.7. The molecule has 0 N–H and O–H groups in total. The third-order valence-corrected chi connectivity index (χ3v) is 11.0. The summed E-state index contributed by atoms with van der Waals surface area (Å²) in [5.74, 6) is -121. The molecule has 0 bridgehead atoms. The Kier molecular flexibility index (Phi) is 17.7. The number of rotatable bonds is 21. The highest BCUT2D eigenvalue weighted by molar-refractivity contribution is 7.94. The van der Waals surface area contributed by atoms with Gasteiger partial charge in [0.15, 0.2) is 19.7 Å². The number of hydrogen-bond donors (Lipinski definition) is 0. The molecule has 0 rings (SSSR count). The molecule has 0 aliphatic rings. The van der Waals surface area contributed by atoms with Gasteiger partial charge in [-0.05, 0) is 0 Å². The van der Waals surface area contributed by atoms with Crippen LogP contribution in [0.2, 0.25) is 0 Å². The number of sulfone groups is 2. The molecule has 0 saturated heterocycles. The van der Waals surface area contributed by atoms with Crippen LogP contribution in [0.5, 0.6) is 0 Å². The minimum Gasteiger partial charge on any atom is -0.229 e. The summed E-state index contributed by atoms with van der Waals surface area (Å²) in [6, 6.07) is 0. The Morgan fingerprint density at radius 2 is 0.523 bits per heavy atom. The summed E-state index contributed by atoms with van der Waals surface area (Å²) in [5, 5.41) is -0.220. The van der Waals surface area contributed by atoms with Crippen LogP contribution in [0, 0.1) is 0 Å². The smallest absolute Gasteiger partial charge is 0.229 e. The van der Waals surface area contributed by atoms with Crippen molar-refractivity contribution in [2.75, 3.05) is 23.1 Å². The van der Waals surface area contributed by atoms with Gasteiger partial charge >= 0.3 is 95.3 Å². The van der Waals surface area contributed by atoms with Gasteiger partial charge in [0, 0.05) is 24.1 Å². The Labute approximate surface area is 341 Å². The second kappa shape index (κ2) is 17.8. The molecule has 0 fully saturated rings. The van der Waals surface area contributed by atoms with E-state index in [4.69, 9.17) is 11.6 Å². The third kappa shape index (κ3) is 10.4. The summed E-state index contributed by atoms with van der Waals surface area (Å²) >= 11 is 4.89. The van der Waals surface area contributed by atoms with E-state index in [1.165, 1.54) is 0 Å². The molecule has 4 nitrogen and oxygen atoms in total. The van der Waals surface area contributed by atoms with E-state index >= 15 is 0 Å². The van der Waals surface area contributed by atoms with E-state index in [9.17, 15) is 166 Å². The Balaban J connectivity index is 0. The Morgan fingerprint density at radius 1 is 0.323 bits per heavy atom. The first kappa shape index (κ1) is 64.6. The molecule has 0 radical (unpaired) electrons. The molecule has 392 valence electrons. The SMILES string of the molecule is C=CS(=O)(=O)CCC(F)(F)C(F)(F)C(F)(F)C(F)(F)C(F)(F)C(F)(F)C(F)(F)C(F)(F)F.O=S(=O)(CCCl)CCC(F)(F)C(F)(F)C(F)(F)C(F)(F)C(F)(F)C(F)(F)C(F)(F)C(F)(F)F. The van der Waals surface area contributed by atoms with Crippen LogP contribution in [0.3, 0.4) is 0 Å². The first-order valence-electron chi connectivity index (χ1n) is 14.6. The summed E-state index contributed by atoms with van der Waals surface area (Å²) in [5.41, 5.74) is 0. The molecule has 0 aromatic rings. The van der Waals surface area contributed by atoms with Crippen molar-refractivity contribution in [2.45, 2.75) is 108 Å². The molecule has 41 heteroatoms. The molecule has 0 atom stereocenters. The molecule has 0 heterocycles. The van der Waals surface area contributed by atoms with Crippen molar-refractivity contribution >= 4 is 31.3 Å². The average molecular weight is 1110 g/mol. The molecule has 65 heavy (non-hydrogen) atoms. The minimum atomic E-state index is -8.72. The van der Waals surface area contributed by atoms with E-state index < -0.39 is 151 Å². The standard InChI is InChI=1S/C12H8ClF17O2S.C12H7F17O2S/c13-2-4-33(31,32)3-1-5(14,15)6(16,17)7(18,19)8(20,21)9(22,23)10(24,25)11(26,27)12(28,29)30;1-2-32(30,31)4-3-5(13,14)6(15,16)7(17,18)8(19,20)9(21,22)10(23,24)11(25,26)12(27,28)29/h1-4H2;2H,1,3-4H2. The lowest BCUT2D eigenvalue weighted by Gasteiger charge is -2.42. The van der Waals surface area contributed by atoms with Gasteiger partial charge in [0.2, 0.25) is 0 Å². The lowest BCUT2D eigenvalue weighted by atomic mass is 9.88. The van der Waals surface area contributed by atoms with Crippen molar-refractivity contribution in [1.29, 1.82) is 0 Å². The molecule has 0 aliphatic carbocycles. The van der Waals surface area contributed by atoms with E-state index in [0.717, 1.165) is 0 Å². The van der Waals surface area contributed by atoms with Crippen LogP contribution in [-0.4, -0.2) is 135 Å². The molecule has 0 aromatic carbocycles. The fraction of sp³-hybridized carbons (Fsp3) is 0.917. The normalized spacial score (nSPS) is 16.3. The zero-order chi connectivity index (χ0) is 53.9. The van der Waals surface area contributed by atoms with Gasteiger partial charge in [0.25, 0.3) is 0 Å². The van der Waals surface area contributed by atoms with Gasteiger partial charge in [-0.2, -0.15) is 149 Å². The van der Waals surface area contributed by atoms with Gasteiger partial charge in [-0.15, -0.1) is 11.6 Å². The summed E-state index contributed by atoms with van der Waals surface area (Å²) in [7, 11) is -9.82. The van der Waals surface area contributed by atoms with Crippen molar-refractivity contribution < 1.29 is 166 Å². The summed E-state index contributed by atoms with van der Waals surface area (Å²) < 4.78 is 485. The van der Waals surface area contributed by atoms with Crippen LogP contribution in [0.1, 0.15) is 12.8 Å². The van der Waals surface area contributed by atoms with Crippen LogP contribution in [0.15, 0.2) is 12.0 Å². The van der Waals surface area contributed by atoms with Crippen molar-refractivity contribution in [1.82, 2.24) is 0 Å². The van der Waals surface area contributed by atoms with Crippen LogP contribution in [0.25, 0.3) is 0 Å². The largest absolute Gasteiger partial charge is 0.460 e. The number of hydrogen-bond acceptors (Lipinski definition) is 4. The maximum Gasteiger partial charge on any atom is 0.460 e. The fourth-order valence-corrected chi connectivity index (χ4v) is 5.98. The third-order valence-electron chi connectivity index (χ3n) is 7.64. The van der Waals surface area contributed by atoms with Gasteiger partial charge < -0.3 is 0 Å². The highest BCUT2D eigenvalue weighted by Crippen LogP contribution is 2.66. The maximum atomic E-state index is 13.5. The van der Waals surface area contributed by atoms with Crippen LogP contribution >= 0.6 is 11.6 Å². The Morgan fingerprint density at radius 3 is 0.723 bits per heavy atom. The second-order valence-corrected chi connectivity index (χ2v) is 16.9. The number of alkyl halides is 35. The van der Waals surface area contributed by atoms with Crippen molar-refractivity contribution in [3.05, 3.63) is 12.0 Å². The van der Waals surface area contributed by atoms with Gasteiger partial charge in [-0.3, -0.25) is 0 Å². The molecule has 0 saturated carbocycles. The Bertz CT molecular complexity index is 1880. The molecule has 0 spiro atoms. The van der Waals surface area contributed by atoms with Gasteiger partial charge in [-0.25, -0.2) is 16.8 Å².